The third-order valence-corrected chi connectivity index (χ3v) is 57.5. The second-order valence-electron chi connectivity index (χ2n) is 31.0. The molecule has 8 amide bonds. The fraction of sp³-hybridized carbons (Fsp3) is 0.685. The molecule has 4 heterocycles. The van der Waals surface area contributed by atoms with Gasteiger partial charge in [0, 0.05) is 43.9 Å². The predicted molar refractivity (Wildman–Crippen MR) is 460 cm³/mol. The molecule has 0 N–H and O–H groups in total. The summed E-state index contributed by atoms with van der Waals surface area (Å²) in [6.07, 6.45) is 39.7. The minimum atomic E-state index is -3.36. The fourth-order valence-electron chi connectivity index (χ4n) is 16.1. The van der Waals surface area contributed by atoms with Gasteiger partial charge in [0.2, 0.25) is 0 Å². The predicted octanol–water partition coefficient (Wildman–Crippen LogP) is 26.0. The number of aryl methyl sites for hydroxylation is 1. The van der Waals surface area contributed by atoms with E-state index in [2.05, 4.69) is 128 Å². The molecule has 0 aromatic heterocycles. The maximum atomic E-state index is 14.8. The Labute approximate surface area is 678 Å². The van der Waals surface area contributed by atoms with E-state index in [1.165, 1.54) is 96.6 Å². The van der Waals surface area contributed by atoms with Crippen molar-refractivity contribution < 1.29 is 38.4 Å². The summed E-state index contributed by atoms with van der Waals surface area (Å²) in [5, 5.41) is 1.96. The van der Waals surface area contributed by atoms with Gasteiger partial charge in [-0.15, -0.1) is 0 Å². The van der Waals surface area contributed by atoms with Crippen molar-refractivity contribution in [2.45, 2.75) is 355 Å². The van der Waals surface area contributed by atoms with E-state index in [1.807, 2.05) is 13.0 Å². The van der Waals surface area contributed by atoms with Gasteiger partial charge in [-0.25, -0.2) is 0 Å². The van der Waals surface area contributed by atoms with Gasteiger partial charge < -0.3 is 0 Å². The molecule has 0 saturated carbocycles. The number of imide groups is 4. The van der Waals surface area contributed by atoms with Crippen LogP contribution < -0.4 is 3.58 Å². The standard InChI is InChI=1S/C27H31N2O4.C26H28Br2N2O4.9C4H9.3Sn/c1-4-6-8-10-14-28-24(30)18-12-13-19-23-21(17(3)16-20(22(18)23)26(28)32)27(33)29(25(19)31)15-11-9-7-5-2;1-3-5-7-9-11-29-23(31)15-13-18(28)22-20-16(14-17(27)21(19(15)20)25(29)33)24(32)30(26(22)34)12-10-8-6-4-2;9*1-3-4-2;;;/h13,16H,4-11,14-15H2,1-3H3;13-14H,3-12H2,1-2H3;9*1,3-4H2,2H3;;;. The molecule has 8 rings (SSSR count). The first-order valence-corrected chi connectivity index (χ1v) is 64.2. The van der Waals surface area contributed by atoms with Crippen LogP contribution >= 0.6 is 31.9 Å². The molecular formula is C89H140Br2N4O8Sn3. The maximum absolute atomic E-state index is 14.8. The van der Waals surface area contributed by atoms with Crippen LogP contribution in [0.2, 0.25) is 39.9 Å². The van der Waals surface area contributed by atoms with Crippen LogP contribution in [0.25, 0.3) is 21.5 Å². The molecule has 0 unspecified atom stereocenters. The van der Waals surface area contributed by atoms with Gasteiger partial charge in [-0.3, -0.25) is 29.0 Å². The van der Waals surface area contributed by atoms with E-state index in [0.717, 1.165) is 158 Å². The molecule has 0 saturated heterocycles. The number of unbranched alkanes of at least 4 members (excludes halogenated alkanes) is 21. The molecule has 4 aromatic carbocycles. The van der Waals surface area contributed by atoms with E-state index < -0.39 is 57.9 Å². The molecule has 590 valence electrons. The van der Waals surface area contributed by atoms with Gasteiger partial charge in [0.15, 0.2) is 0 Å². The molecule has 4 aromatic rings. The average molecular weight is 1910 g/mol. The van der Waals surface area contributed by atoms with Crippen molar-refractivity contribution in [1.82, 2.24) is 19.6 Å². The zero-order chi connectivity index (χ0) is 77.9. The molecule has 106 heavy (non-hydrogen) atoms. The second-order valence-corrected chi connectivity index (χ2v) is 63.0. The summed E-state index contributed by atoms with van der Waals surface area (Å²) < 4.78 is 15.6. The third kappa shape index (κ3) is 24.9. The Kier molecular flexibility index (Phi) is 44.7. The molecule has 4 aliphatic heterocycles. The molecular weight excluding hydrogens is 1770 g/mol. The minimum absolute atomic E-state index is 0.196. The van der Waals surface area contributed by atoms with E-state index in [9.17, 15) is 38.4 Å². The van der Waals surface area contributed by atoms with E-state index in [-0.39, 0.29) is 47.3 Å². The molecule has 2 radical (unpaired) electrons. The van der Waals surface area contributed by atoms with Gasteiger partial charge in [-0.2, -0.15) is 0 Å². The Morgan fingerprint density at radius 3 is 0.792 bits per heavy atom. The first kappa shape index (κ1) is 93.9. The summed E-state index contributed by atoms with van der Waals surface area (Å²) in [6, 6.07) is 7.23. The van der Waals surface area contributed by atoms with Crippen molar-refractivity contribution in [3.63, 3.8) is 0 Å². The Bertz CT molecular complexity index is 3340. The zero-order valence-electron chi connectivity index (χ0n) is 68.9. The van der Waals surface area contributed by atoms with Crippen LogP contribution in [-0.4, -0.2) is 151 Å². The third-order valence-electron chi connectivity index (χ3n) is 22.5. The number of benzene rings is 4. The number of nitrogens with zero attached hydrogens (tertiary/aromatic N) is 4. The number of carbonyl (C=O) groups excluding carboxylic acids is 8. The van der Waals surface area contributed by atoms with Crippen molar-refractivity contribution in [3.8, 4) is 0 Å². The van der Waals surface area contributed by atoms with Gasteiger partial charge in [0.1, 0.15) is 0 Å². The van der Waals surface area contributed by atoms with Crippen molar-refractivity contribution >= 4 is 162 Å². The Morgan fingerprint density at radius 1 is 0.274 bits per heavy atom. The van der Waals surface area contributed by atoms with Crippen molar-refractivity contribution in [2.24, 2.45) is 0 Å². The normalized spacial score (nSPS) is 14.0. The topological polar surface area (TPSA) is 150 Å². The summed E-state index contributed by atoms with van der Waals surface area (Å²) in [7, 11) is 0. The van der Waals surface area contributed by atoms with Crippen LogP contribution in [0.1, 0.15) is 397 Å². The van der Waals surface area contributed by atoms with Crippen LogP contribution in [0.4, 0.5) is 0 Å². The summed E-state index contributed by atoms with van der Waals surface area (Å²) in [6.45, 7) is 32.6. The number of halogens is 2. The van der Waals surface area contributed by atoms with Gasteiger partial charge in [0.25, 0.3) is 23.6 Å². The molecule has 0 fully saturated rings. The molecule has 0 bridgehead atoms. The molecule has 12 nitrogen and oxygen atoms in total. The van der Waals surface area contributed by atoms with E-state index in [1.54, 1.807) is 38.8 Å². The monoisotopic (exact) mass is 1910 g/mol. The Morgan fingerprint density at radius 2 is 0.509 bits per heavy atom. The molecule has 0 atom stereocenters. The summed E-state index contributed by atoms with van der Waals surface area (Å²) in [5.74, 6) is -2.54. The fourth-order valence-corrected chi connectivity index (χ4v) is 52.9. The number of rotatable bonds is 48. The number of carbonyl (C=O) groups is 8. The molecule has 0 aliphatic carbocycles. The summed E-state index contributed by atoms with van der Waals surface area (Å²) >= 11 is 1.96. The van der Waals surface area contributed by atoms with Crippen LogP contribution in [0.5, 0.6) is 0 Å². The summed E-state index contributed by atoms with van der Waals surface area (Å²) in [5.41, 5.74) is 4.31. The Hall–Kier alpha value is -2.68. The van der Waals surface area contributed by atoms with E-state index in [0.29, 0.717) is 107 Å². The summed E-state index contributed by atoms with van der Waals surface area (Å²) in [4.78, 5) is 117. The number of amides is 8. The molecule has 0 spiro atoms. The van der Waals surface area contributed by atoms with Crippen LogP contribution in [-0.2, 0) is 0 Å². The Balaban J connectivity index is 0.000000291. The number of hydrogen-bond donors (Lipinski definition) is 0. The van der Waals surface area contributed by atoms with Crippen molar-refractivity contribution in [1.29, 1.82) is 0 Å². The van der Waals surface area contributed by atoms with Crippen LogP contribution in [0, 0.1) is 6.92 Å². The first-order chi connectivity index (χ1) is 51.2. The van der Waals surface area contributed by atoms with Gasteiger partial charge in [-0.1, -0.05) is 52.4 Å². The van der Waals surface area contributed by atoms with E-state index >= 15 is 0 Å². The average Bonchev–Trinajstić information content (AvgIpc) is 0.704. The quantitative estimate of drug-likeness (QED) is 0.0241. The molecule has 4 aliphatic rings. The van der Waals surface area contributed by atoms with Gasteiger partial charge >= 0.3 is 468 Å². The van der Waals surface area contributed by atoms with Gasteiger partial charge in [0.05, 0.1) is 11.1 Å². The van der Waals surface area contributed by atoms with E-state index in [4.69, 9.17) is 0 Å². The second kappa shape index (κ2) is 50.4. The van der Waals surface area contributed by atoms with Crippen molar-refractivity contribution in [2.75, 3.05) is 26.2 Å². The van der Waals surface area contributed by atoms with Crippen LogP contribution in [0.15, 0.2) is 33.2 Å². The SMILES string of the molecule is CCCCCCN1C(=O)c2c[c]([Sn]([CH2]CCC)([CH2]CCC)[CH2]CCC)c3c4c(cc(C)c(c24)C1=O)C(=O)N(CCCCCC)C3=O.CCCCCCN1C(=O)c2cc(Br)c3c4c(cc(Br)c(c24)C1=O)C(=O)N(CCCCCC)C3=O.CCC[CH2][Sn]([CH2]CCC)[CH2]CCC.CCC[CH2][Sn]([CH2]CCC)[CH2]CCC. The van der Waals surface area contributed by atoms with Gasteiger partial charge in [-0.05, 0) is 56.8 Å². The zero-order valence-corrected chi connectivity index (χ0v) is 80.6. The number of hydrogen-bond acceptors (Lipinski definition) is 8. The van der Waals surface area contributed by atoms with Crippen molar-refractivity contribution in [3.05, 3.63) is 83.3 Å². The first-order valence-electron chi connectivity index (χ1n) is 43.0. The van der Waals surface area contributed by atoms with Crippen LogP contribution in [0.3, 0.4) is 0 Å². The molecule has 17 heteroatoms.